The number of carboxylic acid groups (broad SMARTS) is 1. The molecule has 0 bridgehead atoms. The molecule has 22 heavy (non-hydrogen) atoms. The molecule has 2 heterocycles. The zero-order valence-corrected chi connectivity index (χ0v) is 13.4. The number of sulfonamides is 1. The van der Waals surface area contributed by atoms with Crippen LogP contribution in [0.4, 0.5) is 0 Å². The van der Waals surface area contributed by atoms with Crippen LogP contribution in [0, 0.1) is 6.92 Å². The van der Waals surface area contributed by atoms with E-state index in [4.69, 9.17) is 16.7 Å². The van der Waals surface area contributed by atoms with E-state index in [-0.39, 0.29) is 24.7 Å². The first-order valence-electron chi connectivity index (χ1n) is 6.69. The molecule has 1 N–H and O–H groups in total. The topological polar surface area (TPSA) is 92.5 Å². The van der Waals surface area contributed by atoms with Gasteiger partial charge >= 0.3 is 5.97 Å². The summed E-state index contributed by atoms with van der Waals surface area (Å²) in [7, 11) is -3.79. The SMILES string of the molecule is Cc1cc(Cl)cc2c1nc1n2CCN(CCC(=O)O)S1(=O)=O. The summed E-state index contributed by atoms with van der Waals surface area (Å²) in [5.74, 6) is -1.03. The number of nitrogens with zero attached hydrogens (tertiary/aromatic N) is 3. The third kappa shape index (κ3) is 2.37. The summed E-state index contributed by atoms with van der Waals surface area (Å²) in [6.07, 6.45) is -0.232. The Bertz CT molecular complexity index is 875. The van der Waals surface area contributed by atoms with E-state index in [1.165, 1.54) is 4.31 Å². The first-order valence-corrected chi connectivity index (χ1v) is 8.51. The molecule has 0 saturated heterocycles. The Balaban J connectivity index is 2.11. The van der Waals surface area contributed by atoms with Gasteiger partial charge in [0, 0.05) is 24.7 Å². The largest absolute Gasteiger partial charge is 0.481 e. The quantitative estimate of drug-likeness (QED) is 0.911. The molecule has 2 aromatic rings. The molecule has 0 aliphatic carbocycles. The predicted octanol–water partition coefficient (Wildman–Crippen LogP) is 1.48. The second kappa shape index (κ2) is 5.22. The molecule has 0 fully saturated rings. The third-order valence-corrected chi connectivity index (χ3v) is 5.73. The van der Waals surface area contributed by atoms with Gasteiger partial charge in [0.25, 0.3) is 10.0 Å². The number of aliphatic carboxylic acids is 1. The fraction of sp³-hybridized carbons (Fsp3) is 0.385. The van der Waals surface area contributed by atoms with Crippen molar-refractivity contribution in [2.45, 2.75) is 25.0 Å². The molecule has 9 heteroatoms. The lowest BCUT2D eigenvalue weighted by Crippen LogP contribution is -2.41. The van der Waals surface area contributed by atoms with Gasteiger partial charge in [0.15, 0.2) is 0 Å². The molecule has 7 nitrogen and oxygen atoms in total. The van der Waals surface area contributed by atoms with Crippen molar-refractivity contribution in [2.24, 2.45) is 0 Å². The number of fused-ring (bicyclic) bond motifs is 3. The second-order valence-electron chi connectivity index (χ2n) is 5.18. The monoisotopic (exact) mass is 343 g/mol. The molecule has 1 aromatic carbocycles. The Morgan fingerprint density at radius 3 is 2.82 bits per heavy atom. The lowest BCUT2D eigenvalue weighted by molar-refractivity contribution is -0.137. The summed E-state index contributed by atoms with van der Waals surface area (Å²) in [5, 5.41) is 9.21. The van der Waals surface area contributed by atoms with Crippen molar-refractivity contribution in [3.05, 3.63) is 22.7 Å². The Morgan fingerprint density at radius 2 is 2.14 bits per heavy atom. The molecular formula is C13H14ClN3O4S. The lowest BCUT2D eigenvalue weighted by atomic mass is 10.2. The van der Waals surface area contributed by atoms with Crippen molar-refractivity contribution >= 4 is 38.6 Å². The predicted molar refractivity (Wildman–Crippen MR) is 80.5 cm³/mol. The van der Waals surface area contributed by atoms with Crippen LogP contribution in [0.3, 0.4) is 0 Å². The normalized spacial score (nSPS) is 17.5. The first kappa shape index (κ1) is 15.3. The minimum atomic E-state index is -3.79. The molecule has 1 aliphatic rings. The maximum atomic E-state index is 12.6. The number of hydrogen-bond donors (Lipinski definition) is 1. The fourth-order valence-electron chi connectivity index (χ4n) is 2.64. The smallest absolute Gasteiger partial charge is 0.304 e. The minimum absolute atomic E-state index is 0.0514. The molecule has 0 atom stereocenters. The van der Waals surface area contributed by atoms with Gasteiger partial charge in [0.05, 0.1) is 17.5 Å². The molecule has 118 valence electrons. The van der Waals surface area contributed by atoms with Crippen LogP contribution in [-0.2, 0) is 21.4 Å². The van der Waals surface area contributed by atoms with Crippen LogP contribution < -0.4 is 0 Å². The lowest BCUT2D eigenvalue weighted by Gasteiger charge is -2.26. The first-order chi connectivity index (χ1) is 10.3. The molecular weight excluding hydrogens is 330 g/mol. The van der Waals surface area contributed by atoms with Crippen molar-refractivity contribution in [1.82, 2.24) is 13.9 Å². The van der Waals surface area contributed by atoms with E-state index in [0.717, 1.165) is 5.56 Å². The van der Waals surface area contributed by atoms with Gasteiger partial charge < -0.3 is 9.67 Å². The molecule has 3 rings (SSSR count). The van der Waals surface area contributed by atoms with E-state index in [1.54, 1.807) is 16.7 Å². The average molecular weight is 344 g/mol. The average Bonchev–Trinajstić information content (AvgIpc) is 2.78. The summed E-state index contributed by atoms with van der Waals surface area (Å²) in [6.45, 7) is 2.41. The summed E-state index contributed by atoms with van der Waals surface area (Å²) < 4.78 is 28.0. The van der Waals surface area contributed by atoms with Crippen molar-refractivity contribution in [3.8, 4) is 0 Å². The highest BCUT2D eigenvalue weighted by Crippen LogP contribution is 2.30. The Labute approximate surface area is 132 Å². The van der Waals surface area contributed by atoms with Crippen LogP contribution in [0.1, 0.15) is 12.0 Å². The van der Waals surface area contributed by atoms with E-state index in [2.05, 4.69) is 4.98 Å². The number of aryl methyl sites for hydroxylation is 1. The summed E-state index contributed by atoms with van der Waals surface area (Å²) in [5.41, 5.74) is 2.08. The molecule has 0 saturated carbocycles. The summed E-state index contributed by atoms with van der Waals surface area (Å²) >= 11 is 6.04. The van der Waals surface area contributed by atoms with Crippen LogP contribution in [0.2, 0.25) is 5.02 Å². The van der Waals surface area contributed by atoms with Gasteiger partial charge in [-0.15, -0.1) is 0 Å². The molecule has 0 spiro atoms. The van der Waals surface area contributed by atoms with Crippen LogP contribution in [0.15, 0.2) is 17.3 Å². The standard InChI is InChI=1S/C13H14ClN3O4S/c1-8-6-9(14)7-10-12(8)15-13-17(10)5-4-16(22(13,20)21)3-2-11(18)19/h6-7H,2-5H2,1H3,(H,18,19). The van der Waals surface area contributed by atoms with E-state index >= 15 is 0 Å². The number of rotatable bonds is 3. The number of halogens is 1. The molecule has 0 amide bonds. The summed E-state index contributed by atoms with van der Waals surface area (Å²) in [6, 6.07) is 3.43. The van der Waals surface area contributed by atoms with Crippen LogP contribution in [0.25, 0.3) is 11.0 Å². The van der Waals surface area contributed by atoms with Gasteiger partial charge in [-0.3, -0.25) is 4.79 Å². The number of benzene rings is 1. The van der Waals surface area contributed by atoms with E-state index in [0.29, 0.717) is 22.6 Å². The van der Waals surface area contributed by atoms with Gasteiger partial charge in [-0.1, -0.05) is 11.6 Å². The van der Waals surface area contributed by atoms with Gasteiger partial charge in [-0.25, -0.2) is 13.4 Å². The Hall–Kier alpha value is -1.64. The number of carboxylic acids is 1. The molecule has 0 unspecified atom stereocenters. The highest BCUT2D eigenvalue weighted by atomic mass is 35.5. The number of aromatic nitrogens is 2. The number of carbonyl (C=O) groups is 1. The van der Waals surface area contributed by atoms with E-state index in [9.17, 15) is 13.2 Å². The zero-order valence-electron chi connectivity index (χ0n) is 11.8. The fourth-order valence-corrected chi connectivity index (χ4v) is 4.47. The Kier molecular flexibility index (Phi) is 3.62. The van der Waals surface area contributed by atoms with Gasteiger partial charge in [0.2, 0.25) is 5.16 Å². The van der Waals surface area contributed by atoms with Gasteiger partial charge in [0.1, 0.15) is 0 Å². The second-order valence-corrected chi connectivity index (χ2v) is 7.45. The van der Waals surface area contributed by atoms with Crippen LogP contribution in [-0.4, -0.2) is 46.4 Å². The maximum Gasteiger partial charge on any atom is 0.304 e. The molecule has 1 aromatic heterocycles. The van der Waals surface area contributed by atoms with E-state index in [1.807, 2.05) is 6.92 Å². The van der Waals surface area contributed by atoms with Crippen molar-refractivity contribution in [2.75, 3.05) is 13.1 Å². The van der Waals surface area contributed by atoms with E-state index < -0.39 is 16.0 Å². The minimum Gasteiger partial charge on any atom is -0.481 e. The Morgan fingerprint density at radius 1 is 1.41 bits per heavy atom. The molecule has 0 radical (unpaired) electrons. The molecule has 1 aliphatic heterocycles. The van der Waals surface area contributed by atoms with Crippen molar-refractivity contribution < 1.29 is 18.3 Å². The van der Waals surface area contributed by atoms with Gasteiger partial charge in [-0.05, 0) is 24.6 Å². The highest BCUT2D eigenvalue weighted by Gasteiger charge is 2.35. The van der Waals surface area contributed by atoms with Crippen LogP contribution in [0.5, 0.6) is 0 Å². The highest BCUT2D eigenvalue weighted by molar-refractivity contribution is 7.89. The third-order valence-electron chi connectivity index (χ3n) is 3.69. The number of imidazole rings is 1. The zero-order chi connectivity index (χ0) is 16.1. The van der Waals surface area contributed by atoms with Crippen molar-refractivity contribution in [3.63, 3.8) is 0 Å². The van der Waals surface area contributed by atoms with Crippen LogP contribution >= 0.6 is 11.6 Å². The number of hydrogen-bond acceptors (Lipinski definition) is 4. The maximum absolute atomic E-state index is 12.6. The van der Waals surface area contributed by atoms with Crippen molar-refractivity contribution in [1.29, 1.82) is 0 Å². The van der Waals surface area contributed by atoms with Gasteiger partial charge in [-0.2, -0.15) is 4.31 Å². The summed E-state index contributed by atoms with van der Waals surface area (Å²) in [4.78, 5) is 14.9.